The van der Waals surface area contributed by atoms with E-state index in [4.69, 9.17) is 9.47 Å². The summed E-state index contributed by atoms with van der Waals surface area (Å²) in [4.78, 5) is 77.0. The van der Waals surface area contributed by atoms with Crippen LogP contribution in [-0.4, -0.2) is 79.2 Å². The average Bonchev–Trinajstić information content (AvgIpc) is 3.59. The van der Waals surface area contributed by atoms with E-state index in [-0.39, 0.29) is 50.3 Å². The van der Waals surface area contributed by atoms with Gasteiger partial charge in [-0.1, -0.05) is 50.3 Å². The molecule has 2 heterocycles. The first-order chi connectivity index (χ1) is 22.2. The maximum Gasteiger partial charge on any atom is 0.408 e. The first-order valence-electron chi connectivity index (χ1n) is 16.0. The molecule has 2 aliphatic rings. The smallest absolute Gasteiger partial charge is 0.408 e. The summed E-state index contributed by atoms with van der Waals surface area (Å²) in [5.41, 5.74) is 0.603. The lowest BCUT2D eigenvalue weighted by atomic mass is 9.95. The van der Waals surface area contributed by atoms with Gasteiger partial charge in [0, 0.05) is 42.6 Å². The van der Waals surface area contributed by atoms with Crippen LogP contribution in [0, 0.1) is 11.8 Å². The number of benzene rings is 1. The minimum Gasteiger partial charge on any atom is -0.462 e. The van der Waals surface area contributed by atoms with Crippen LogP contribution >= 0.6 is 0 Å². The molecule has 2 saturated heterocycles. The standard InChI is InChI=1S/C33H48N6O8/c1-20(2)15-25(28(41)36-24(16-22-11-13-34-27(22)40)17-23-12-14-46-30(23)43)37-29(42)26(18-35-31(44)39-33(3,4)5)38-32(45)47-19-21-9-7-6-8-10-21/h6-10,17,20,22,24-26H,11-16,18-19H2,1-5H3,(H,34,40)(H,36,41)(H,37,42)(H,38,45)(H2,35,39,44)/b23-17+/t22-,24-,25-,26-/m0/s1. The van der Waals surface area contributed by atoms with Crippen molar-refractivity contribution in [3.8, 4) is 0 Å². The molecule has 3 rings (SSSR count). The molecule has 0 radical (unpaired) electrons. The summed E-state index contributed by atoms with van der Waals surface area (Å²) in [6, 6.07) is 5.43. The Hall–Kier alpha value is -4.62. The third kappa shape index (κ3) is 13.0. The first kappa shape index (κ1) is 36.8. The summed E-state index contributed by atoms with van der Waals surface area (Å²) in [5.74, 6) is -2.21. The van der Waals surface area contributed by atoms with Crippen LogP contribution in [0.15, 0.2) is 42.0 Å². The maximum atomic E-state index is 13.7. The van der Waals surface area contributed by atoms with Crippen molar-refractivity contribution in [2.45, 2.75) is 90.6 Å². The number of carbonyl (C=O) groups is 6. The van der Waals surface area contributed by atoms with E-state index in [9.17, 15) is 28.8 Å². The van der Waals surface area contributed by atoms with E-state index in [1.165, 1.54) is 0 Å². The Balaban J connectivity index is 1.75. The Morgan fingerprint density at radius 3 is 2.32 bits per heavy atom. The molecule has 4 atom stereocenters. The summed E-state index contributed by atoms with van der Waals surface area (Å²) in [5, 5.41) is 16.2. The zero-order valence-corrected chi connectivity index (χ0v) is 27.8. The molecule has 6 amide bonds. The molecule has 0 aromatic heterocycles. The van der Waals surface area contributed by atoms with E-state index in [2.05, 4.69) is 31.9 Å². The van der Waals surface area contributed by atoms with E-state index in [1.807, 2.05) is 19.9 Å². The van der Waals surface area contributed by atoms with Crippen LogP contribution in [0.2, 0.25) is 0 Å². The van der Waals surface area contributed by atoms with Crippen molar-refractivity contribution in [2.75, 3.05) is 19.7 Å². The van der Waals surface area contributed by atoms with Gasteiger partial charge in [0.05, 0.1) is 6.61 Å². The Morgan fingerprint density at radius 1 is 1.02 bits per heavy atom. The van der Waals surface area contributed by atoms with Crippen LogP contribution in [0.3, 0.4) is 0 Å². The molecular formula is C33H48N6O8. The van der Waals surface area contributed by atoms with Gasteiger partial charge in [0.1, 0.15) is 18.7 Å². The number of ether oxygens (including phenoxy) is 2. The van der Waals surface area contributed by atoms with Crippen LogP contribution in [0.1, 0.15) is 65.9 Å². The fourth-order valence-corrected chi connectivity index (χ4v) is 5.14. The predicted octanol–water partition coefficient (Wildman–Crippen LogP) is 1.79. The summed E-state index contributed by atoms with van der Waals surface area (Å²) in [6.07, 6.45) is 2.23. The number of esters is 1. The summed E-state index contributed by atoms with van der Waals surface area (Å²) in [6.45, 7) is 9.59. The van der Waals surface area contributed by atoms with Gasteiger partial charge in [-0.05, 0) is 51.5 Å². The third-order valence-corrected chi connectivity index (χ3v) is 7.41. The normalized spacial score (nSPS) is 18.9. The molecule has 14 nitrogen and oxygen atoms in total. The van der Waals surface area contributed by atoms with Gasteiger partial charge < -0.3 is 41.4 Å². The third-order valence-electron chi connectivity index (χ3n) is 7.41. The fraction of sp³-hybridized carbons (Fsp3) is 0.576. The number of hydrogen-bond donors (Lipinski definition) is 6. The lowest BCUT2D eigenvalue weighted by Crippen LogP contribution is -2.59. The summed E-state index contributed by atoms with van der Waals surface area (Å²) >= 11 is 0. The van der Waals surface area contributed by atoms with Crippen molar-refractivity contribution in [3.63, 3.8) is 0 Å². The van der Waals surface area contributed by atoms with Gasteiger partial charge in [-0.25, -0.2) is 14.4 Å². The second-order valence-corrected chi connectivity index (χ2v) is 13.2. The van der Waals surface area contributed by atoms with Crippen molar-refractivity contribution in [1.29, 1.82) is 0 Å². The fourth-order valence-electron chi connectivity index (χ4n) is 5.14. The van der Waals surface area contributed by atoms with Gasteiger partial charge >= 0.3 is 18.1 Å². The molecule has 0 bridgehead atoms. The van der Waals surface area contributed by atoms with E-state index < -0.39 is 53.6 Å². The molecule has 2 fully saturated rings. The molecule has 1 aromatic rings. The highest BCUT2D eigenvalue weighted by Crippen LogP contribution is 2.21. The number of amides is 6. The van der Waals surface area contributed by atoms with Crippen LogP contribution in [0.5, 0.6) is 0 Å². The second kappa shape index (κ2) is 17.3. The predicted molar refractivity (Wildman–Crippen MR) is 173 cm³/mol. The van der Waals surface area contributed by atoms with Crippen molar-refractivity contribution in [2.24, 2.45) is 11.8 Å². The second-order valence-electron chi connectivity index (χ2n) is 13.2. The Kier molecular flexibility index (Phi) is 13.6. The van der Waals surface area contributed by atoms with Gasteiger partial charge in [0.2, 0.25) is 17.7 Å². The first-order valence-corrected chi connectivity index (χ1v) is 16.0. The SMILES string of the molecule is CC(C)C[C@H](NC(=O)[C@H](CNC(=O)NC(C)(C)C)NC(=O)OCc1ccccc1)C(=O)N[C@H](/C=C1\CCOC1=O)C[C@@H]1CCNC1=O. The highest BCUT2D eigenvalue weighted by Gasteiger charge is 2.32. The average molecular weight is 657 g/mol. The van der Waals surface area contributed by atoms with Crippen molar-refractivity contribution >= 4 is 35.8 Å². The Labute approximate surface area is 275 Å². The Morgan fingerprint density at radius 2 is 1.72 bits per heavy atom. The number of cyclic esters (lactones) is 1. The minimum absolute atomic E-state index is 0.0220. The molecule has 6 N–H and O–H groups in total. The lowest BCUT2D eigenvalue weighted by molar-refractivity contribution is -0.135. The molecule has 0 saturated carbocycles. The van der Waals surface area contributed by atoms with E-state index >= 15 is 0 Å². The van der Waals surface area contributed by atoms with E-state index in [0.29, 0.717) is 25.0 Å². The quantitative estimate of drug-likeness (QED) is 0.129. The zero-order valence-electron chi connectivity index (χ0n) is 27.8. The molecule has 14 heteroatoms. The van der Waals surface area contributed by atoms with Gasteiger partial charge in [-0.15, -0.1) is 0 Å². The van der Waals surface area contributed by atoms with Crippen molar-refractivity contribution in [3.05, 3.63) is 47.5 Å². The van der Waals surface area contributed by atoms with Gasteiger partial charge in [0.15, 0.2) is 0 Å². The zero-order chi connectivity index (χ0) is 34.6. The van der Waals surface area contributed by atoms with E-state index in [1.54, 1.807) is 51.1 Å². The maximum absolute atomic E-state index is 13.7. The van der Waals surface area contributed by atoms with Gasteiger partial charge in [0.25, 0.3) is 0 Å². The summed E-state index contributed by atoms with van der Waals surface area (Å²) in [7, 11) is 0. The van der Waals surface area contributed by atoms with Gasteiger partial charge in [-0.2, -0.15) is 0 Å². The minimum atomic E-state index is -1.29. The Bertz CT molecular complexity index is 1310. The molecule has 1 aromatic carbocycles. The molecule has 0 unspecified atom stereocenters. The highest BCUT2D eigenvalue weighted by molar-refractivity contribution is 5.93. The van der Waals surface area contributed by atoms with Crippen molar-refractivity contribution in [1.82, 2.24) is 31.9 Å². The van der Waals surface area contributed by atoms with E-state index in [0.717, 1.165) is 5.56 Å². The van der Waals surface area contributed by atoms with Crippen LogP contribution in [0.4, 0.5) is 9.59 Å². The van der Waals surface area contributed by atoms with Crippen molar-refractivity contribution < 1.29 is 38.2 Å². The monoisotopic (exact) mass is 656 g/mol. The molecule has 47 heavy (non-hydrogen) atoms. The number of urea groups is 1. The molecular weight excluding hydrogens is 608 g/mol. The lowest BCUT2D eigenvalue weighted by Gasteiger charge is -2.27. The molecule has 2 aliphatic heterocycles. The molecule has 258 valence electrons. The largest absolute Gasteiger partial charge is 0.462 e. The van der Waals surface area contributed by atoms with Crippen LogP contribution < -0.4 is 31.9 Å². The van der Waals surface area contributed by atoms with Gasteiger partial charge in [-0.3, -0.25) is 14.4 Å². The number of alkyl carbamates (subject to hydrolysis) is 1. The molecule has 0 spiro atoms. The van der Waals surface area contributed by atoms with Crippen LogP contribution in [0.25, 0.3) is 0 Å². The number of carbonyl (C=O) groups excluding carboxylic acids is 6. The van der Waals surface area contributed by atoms with Crippen LogP contribution in [-0.2, 0) is 35.3 Å². The number of nitrogens with one attached hydrogen (secondary N) is 6. The topological polar surface area (TPSA) is 193 Å². The number of rotatable bonds is 14. The number of hydrogen-bond acceptors (Lipinski definition) is 8. The summed E-state index contributed by atoms with van der Waals surface area (Å²) < 4.78 is 10.3. The highest BCUT2D eigenvalue weighted by atomic mass is 16.5. The molecule has 0 aliphatic carbocycles.